The number of amides is 1. The molecule has 2 aromatic heterocycles. The highest BCUT2D eigenvalue weighted by Gasteiger charge is 2.26. The van der Waals surface area contributed by atoms with E-state index in [4.69, 9.17) is 4.74 Å². The first kappa shape index (κ1) is 20.2. The molecular formula is C22H32N4O3. The number of nitrogens with one attached hydrogen (secondary N) is 1. The van der Waals surface area contributed by atoms with Crippen molar-refractivity contribution in [2.75, 3.05) is 46.4 Å². The van der Waals surface area contributed by atoms with Gasteiger partial charge in [0.2, 0.25) is 0 Å². The summed E-state index contributed by atoms with van der Waals surface area (Å²) in [5.74, 6) is 1.29. The first-order chi connectivity index (χ1) is 14.0. The summed E-state index contributed by atoms with van der Waals surface area (Å²) in [6, 6.07) is 1.81. The second-order valence-corrected chi connectivity index (χ2v) is 8.71. The minimum absolute atomic E-state index is 0.0187. The van der Waals surface area contributed by atoms with Gasteiger partial charge in [0.15, 0.2) is 0 Å². The normalized spacial score (nSPS) is 19.7. The molecule has 0 bridgehead atoms. The number of H-pyrrole nitrogens is 1. The Morgan fingerprint density at radius 2 is 1.93 bits per heavy atom. The molecule has 4 heterocycles. The van der Waals surface area contributed by atoms with Crippen molar-refractivity contribution < 1.29 is 9.53 Å². The summed E-state index contributed by atoms with van der Waals surface area (Å²) < 4.78 is 6.95. The van der Waals surface area contributed by atoms with Gasteiger partial charge in [0, 0.05) is 58.2 Å². The van der Waals surface area contributed by atoms with Crippen LogP contribution in [0.3, 0.4) is 0 Å². The Morgan fingerprint density at radius 1 is 1.21 bits per heavy atom. The topological polar surface area (TPSA) is 70.6 Å². The van der Waals surface area contributed by atoms with E-state index in [1.54, 1.807) is 19.4 Å². The van der Waals surface area contributed by atoms with Crippen LogP contribution in [0.15, 0.2) is 23.3 Å². The zero-order valence-electron chi connectivity index (χ0n) is 17.5. The summed E-state index contributed by atoms with van der Waals surface area (Å²) >= 11 is 0. The number of carbonyl (C=O) groups excluding carboxylic acids is 1. The maximum absolute atomic E-state index is 13.1. The lowest BCUT2D eigenvalue weighted by Crippen LogP contribution is -2.41. The van der Waals surface area contributed by atoms with Gasteiger partial charge in [-0.25, -0.2) is 0 Å². The second kappa shape index (κ2) is 8.71. The van der Waals surface area contributed by atoms with Crippen molar-refractivity contribution >= 4 is 16.8 Å². The van der Waals surface area contributed by atoms with Gasteiger partial charge < -0.3 is 24.1 Å². The van der Waals surface area contributed by atoms with Crippen LogP contribution in [-0.2, 0) is 11.8 Å². The number of ether oxygens (including phenoxy) is 1. The van der Waals surface area contributed by atoms with Gasteiger partial charge in [-0.2, -0.15) is 0 Å². The molecule has 2 aromatic rings. The molecule has 2 aliphatic rings. The fraction of sp³-hybridized carbons (Fsp3) is 0.636. The summed E-state index contributed by atoms with van der Waals surface area (Å²) in [7, 11) is 3.56. The molecule has 0 radical (unpaired) electrons. The van der Waals surface area contributed by atoms with Crippen molar-refractivity contribution in [2.45, 2.75) is 25.7 Å². The van der Waals surface area contributed by atoms with E-state index in [0.717, 1.165) is 51.6 Å². The molecular weight excluding hydrogens is 368 g/mol. The van der Waals surface area contributed by atoms with E-state index in [-0.39, 0.29) is 11.5 Å². The first-order valence-electron chi connectivity index (χ1n) is 10.7. The molecule has 29 heavy (non-hydrogen) atoms. The van der Waals surface area contributed by atoms with Crippen LogP contribution in [0, 0.1) is 11.8 Å². The van der Waals surface area contributed by atoms with Crippen LogP contribution < -0.4 is 5.56 Å². The quantitative estimate of drug-likeness (QED) is 0.834. The largest absolute Gasteiger partial charge is 0.381 e. The molecule has 0 saturated carbocycles. The van der Waals surface area contributed by atoms with Crippen LogP contribution >= 0.6 is 0 Å². The average molecular weight is 401 g/mol. The number of aromatic nitrogens is 2. The molecule has 0 unspecified atom stereocenters. The predicted octanol–water partition coefficient (Wildman–Crippen LogP) is 2.08. The van der Waals surface area contributed by atoms with E-state index in [0.29, 0.717) is 22.4 Å². The zero-order chi connectivity index (χ0) is 20.4. The zero-order valence-corrected chi connectivity index (χ0v) is 17.5. The third-order valence-electron chi connectivity index (χ3n) is 6.57. The molecule has 7 heteroatoms. The Hall–Kier alpha value is -2.12. The highest BCUT2D eigenvalue weighted by molar-refractivity contribution is 6.05. The fourth-order valence-corrected chi connectivity index (χ4v) is 4.76. The first-order valence-corrected chi connectivity index (χ1v) is 10.7. The van der Waals surface area contributed by atoms with Crippen LogP contribution in [0.5, 0.6) is 0 Å². The molecule has 0 aliphatic carbocycles. The number of hydrogen-bond donors (Lipinski definition) is 1. The van der Waals surface area contributed by atoms with Crippen LogP contribution in [0.4, 0.5) is 0 Å². The molecule has 0 aromatic carbocycles. The van der Waals surface area contributed by atoms with Crippen molar-refractivity contribution in [3.8, 4) is 0 Å². The SMILES string of the molecule is CN(CC1CCN(CC2CCOCC2)CC1)C(=O)c1cn(C)c(=O)c2[nH]ccc12. The number of pyridine rings is 1. The van der Waals surface area contributed by atoms with E-state index >= 15 is 0 Å². The number of aryl methyl sites for hydroxylation is 1. The predicted molar refractivity (Wildman–Crippen MR) is 113 cm³/mol. The Kier molecular flexibility index (Phi) is 6.06. The molecule has 2 fully saturated rings. The number of nitrogens with zero attached hydrogens (tertiary/aromatic N) is 3. The molecule has 0 atom stereocenters. The molecule has 2 aliphatic heterocycles. The van der Waals surface area contributed by atoms with E-state index in [1.165, 1.54) is 24.0 Å². The number of piperidine rings is 1. The summed E-state index contributed by atoms with van der Waals surface area (Å²) in [5, 5.41) is 0.705. The number of fused-ring (bicyclic) bond motifs is 1. The van der Waals surface area contributed by atoms with Crippen molar-refractivity contribution in [3.05, 3.63) is 34.4 Å². The summed E-state index contributed by atoms with van der Waals surface area (Å²) in [5.41, 5.74) is 0.970. The lowest BCUT2D eigenvalue weighted by molar-refractivity contribution is 0.0449. The molecule has 0 spiro atoms. The maximum atomic E-state index is 13.1. The van der Waals surface area contributed by atoms with Gasteiger partial charge in [-0.15, -0.1) is 0 Å². The number of rotatable bonds is 5. The highest BCUT2D eigenvalue weighted by atomic mass is 16.5. The van der Waals surface area contributed by atoms with E-state index in [2.05, 4.69) is 9.88 Å². The van der Waals surface area contributed by atoms with Gasteiger partial charge in [-0.1, -0.05) is 0 Å². The maximum Gasteiger partial charge on any atom is 0.274 e. The molecule has 1 amide bonds. The number of likely N-dealkylation sites (tertiary alicyclic amines) is 1. The summed E-state index contributed by atoms with van der Waals surface area (Å²) in [6.45, 7) is 6.01. The van der Waals surface area contributed by atoms with Gasteiger partial charge in [-0.05, 0) is 56.7 Å². The van der Waals surface area contributed by atoms with Crippen molar-refractivity contribution in [2.24, 2.45) is 18.9 Å². The standard InChI is InChI=1S/C22H32N4O3/c1-24(21(27)19-15-25(2)22(28)20-18(19)3-8-23-20)13-16-4-9-26(10-5-16)14-17-6-11-29-12-7-17/h3,8,15-17,23H,4-7,9-14H2,1-2H3. The van der Waals surface area contributed by atoms with Crippen molar-refractivity contribution in [1.29, 1.82) is 0 Å². The minimum Gasteiger partial charge on any atom is -0.381 e. The van der Waals surface area contributed by atoms with Gasteiger partial charge in [0.05, 0.1) is 5.56 Å². The lowest BCUT2D eigenvalue weighted by Gasteiger charge is -2.36. The van der Waals surface area contributed by atoms with Crippen LogP contribution in [0.25, 0.3) is 10.9 Å². The van der Waals surface area contributed by atoms with Gasteiger partial charge in [-0.3, -0.25) is 9.59 Å². The smallest absolute Gasteiger partial charge is 0.274 e. The van der Waals surface area contributed by atoms with Crippen LogP contribution in [-0.4, -0.2) is 71.7 Å². The van der Waals surface area contributed by atoms with Gasteiger partial charge in [0.1, 0.15) is 5.52 Å². The Labute approximate surface area is 171 Å². The van der Waals surface area contributed by atoms with Crippen molar-refractivity contribution in [1.82, 2.24) is 19.4 Å². The van der Waals surface area contributed by atoms with Crippen LogP contribution in [0.1, 0.15) is 36.0 Å². The van der Waals surface area contributed by atoms with Gasteiger partial charge in [0.25, 0.3) is 11.5 Å². The minimum atomic E-state index is -0.110. The highest BCUT2D eigenvalue weighted by Crippen LogP contribution is 2.23. The van der Waals surface area contributed by atoms with E-state index in [1.807, 2.05) is 18.0 Å². The third kappa shape index (κ3) is 4.41. The number of aromatic amines is 1. The summed E-state index contributed by atoms with van der Waals surface area (Å²) in [4.78, 5) is 32.7. The average Bonchev–Trinajstić information content (AvgIpc) is 3.22. The lowest BCUT2D eigenvalue weighted by atomic mass is 9.93. The van der Waals surface area contributed by atoms with E-state index in [9.17, 15) is 9.59 Å². The second-order valence-electron chi connectivity index (χ2n) is 8.71. The molecule has 1 N–H and O–H groups in total. The number of hydrogen-bond acceptors (Lipinski definition) is 4. The Morgan fingerprint density at radius 3 is 2.66 bits per heavy atom. The molecule has 158 valence electrons. The Balaban J connectivity index is 1.34. The molecule has 4 rings (SSSR count). The fourth-order valence-electron chi connectivity index (χ4n) is 4.76. The molecule has 2 saturated heterocycles. The van der Waals surface area contributed by atoms with Crippen molar-refractivity contribution in [3.63, 3.8) is 0 Å². The van der Waals surface area contributed by atoms with E-state index < -0.39 is 0 Å². The Bertz CT molecular complexity index is 904. The molecule has 7 nitrogen and oxygen atoms in total. The van der Waals surface area contributed by atoms with Crippen LogP contribution in [0.2, 0.25) is 0 Å². The number of carbonyl (C=O) groups is 1. The third-order valence-corrected chi connectivity index (χ3v) is 6.57. The van der Waals surface area contributed by atoms with Gasteiger partial charge >= 0.3 is 0 Å². The summed E-state index contributed by atoms with van der Waals surface area (Å²) in [6.07, 6.45) is 8.01. The monoisotopic (exact) mass is 400 g/mol.